The molecule has 0 saturated heterocycles. The number of nitrogens with one attached hydrogen (secondary N) is 2. The Morgan fingerprint density at radius 2 is 2.18 bits per heavy atom. The topological polar surface area (TPSA) is 70.7 Å². The molecule has 1 amide bonds. The standard InChI is InChI=1S/C16H16N4OS/c1-10-5-3-6-12(9-10)18-15(21)11(2)22-16-19-13-7-4-8-17-14(13)20-16/h3-9,11H,1-2H3,(H,18,21)(H,17,19,20)/t11-/m0/s1. The van der Waals surface area contributed by atoms with E-state index in [0.29, 0.717) is 10.8 Å². The molecule has 5 nitrogen and oxygen atoms in total. The fraction of sp³-hybridized carbons (Fsp3) is 0.188. The van der Waals surface area contributed by atoms with E-state index in [1.54, 1.807) is 6.20 Å². The maximum Gasteiger partial charge on any atom is 0.237 e. The first-order valence-electron chi connectivity index (χ1n) is 6.97. The molecule has 0 bridgehead atoms. The quantitative estimate of drug-likeness (QED) is 0.725. The molecule has 0 aliphatic rings. The minimum Gasteiger partial charge on any atom is -0.332 e. The van der Waals surface area contributed by atoms with Gasteiger partial charge in [0.25, 0.3) is 0 Å². The van der Waals surface area contributed by atoms with E-state index < -0.39 is 0 Å². The number of aromatic amines is 1. The van der Waals surface area contributed by atoms with Crippen molar-refractivity contribution in [2.45, 2.75) is 24.3 Å². The Hall–Kier alpha value is -2.34. The van der Waals surface area contributed by atoms with Crippen LogP contribution in [-0.4, -0.2) is 26.1 Å². The highest BCUT2D eigenvalue weighted by Gasteiger charge is 2.17. The average molecular weight is 312 g/mol. The zero-order chi connectivity index (χ0) is 15.5. The van der Waals surface area contributed by atoms with Crippen molar-refractivity contribution in [3.8, 4) is 0 Å². The summed E-state index contributed by atoms with van der Waals surface area (Å²) in [5, 5.41) is 3.35. The first-order chi connectivity index (χ1) is 10.6. The molecule has 0 aliphatic carbocycles. The van der Waals surface area contributed by atoms with E-state index in [9.17, 15) is 4.79 Å². The average Bonchev–Trinajstić information content (AvgIpc) is 2.89. The molecule has 0 fully saturated rings. The van der Waals surface area contributed by atoms with E-state index in [2.05, 4.69) is 20.3 Å². The van der Waals surface area contributed by atoms with Crippen LogP contribution in [0.5, 0.6) is 0 Å². The van der Waals surface area contributed by atoms with Gasteiger partial charge in [-0.2, -0.15) is 0 Å². The number of rotatable bonds is 4. The SMILES string of the molecule is Cc1cccc(NC(=O)[C@H](C)Sc2nc3ncccc3[nH]2)c1. The Morgan fingerprint density at radius 1 is 1.32 bits per heavy atom. The summed E-state index contributed by atoms with van der Waals surface area (Å²) in [6.45, 7) is 3.85. The fourth-order valence-electron chi connectivity index (χ4n) is 2.07. The molecule has 2 heterocycles. The van der Waals surface area contributed by atoms with Crippen LogP contribution in [0.4, 0.5) is 5.69 Å². The van der Waals surface area contributed by atoms with Gasteiger partial charge >= 0.3 is 0 Å². The van der Waals surface area contributed by atoms with Gasteiger partial charge in [-0.25, -0.2) is 9.97 Å². The first-order valence-corrected chi connectivity index (χ1v) is 7.85. The number of aryl methyl sites for hydroxylation is 1. The second-order valence-electron chi connectivity index (χ2n) is 5.04. The molecule has 0 aliphatic heterocycles. The van der Waals surface area contributed by atoms with Crippen LogP contribution in [0.3, 0.4) is 0 Å². The fourth-order valence-corrected chi connectivity index (χ4v) is 2.88. The number of amides is 1. The predicted octanol–water partition coefficient (Wildman–Crippen LogP) is 3.39. The molecule has 3 rings (SSSR count). The zero-order valence-corrected chi connectivity index (χ0v) is 13.1. The van der Waals surface area contributed by atoms with Gasteiger partial charge in [-0.1, -0.05) is 23.9 Å². The molecule has 1 aromatic carbocycles. The Labute approximate surface area is 132 Å². The van der Waals surface area contributed by atoms with Gasteiger partial charge in [-0.05, 0) is 43.7 Å². The third kappa shape index (κ3) is 3.28. The van der Waals surface area contributed by atoms with Gasteiger partial charge in [0, 0.05) is 11.9 Å². The molecule has 3 aromatic rings. The number of H-pyrrole nitrogens is 1. The molecule has 2 N–H and O–H groups in total. The van der Waals surface area contributed by atoms with E-state index >= 15 is 0 Å². The summed E-state index contributed by atoms with van der Waals surface area (Å²) >= 11 is 1.38. The highest BCUT2D eigenvalue weighted by molar-refractivity contribution is 8.00. The molecule has 1 atom stereocenters. The molecule has 0 saturated carbocycles. The van der Waals surface area contributed by atoms with Crippen molar-refractivity contribution in [3.63, 3.8) is 0 Å². The van der Waals surface area contributed by atoms with Crippen molar-refractivity contribution in [1.82, 2.24) is 15.0 Å². The highest BCUT2D eigenvalue weighted by Crippen LogP contribution is 2.23. The van der Waals surface area contributed by atoms with Crippen LogP contribution in [0.2, 0.25) is 0 Å². The number of benzene rings is 1. The van der Waals surface area contributed by atoms with Crippen LogP contribution >= 0.6 is 11.8 Å². The predicted molar refractivity (Wildman–Crippen MR) is 89.0 cm³/mol. The molecule has 6 heteroatoms. The lowest BCUT2D eigenvalue weighted by Crippen LogP contribution is -2.22. The summed E-state index contributed by atoms with van der Waals surface area (Å²) in [7, 11) is 0. The number of imidazole rings is 1. The van der Waals surface area contributed by atoms with E-state index in [1.807, 2.05) is 50.2 Å². The second-order valence-corrected chi connectivity index (χ2v) is 6.36. The van der Waals surface area contributed by atoms with Crippen LogP contribution in [0.1, 0.15) is 12.5 Å². The number of hydrogen-bond donors (Lipinski definition) is 2. The summed E-state index contributed by atoms with van der Waals surface area (Å²) < 4.78 is 0. The summed E-state index contributed by atoms with van der Waals surface area (Å²) in [5.41, 5.74) is 3.46. The van der Waals surface area contributed by atoms with Crippen molar-refractivity contribution in [1.29, 1.82) is 0 Å². The number of carbonyl (C=O) groups is 1. The van der Waals surface area contributed by atoms with Gasteiger partial charge in [0.15, 0.2) is 10.8 Å². The van der Waals surface area contributed by atoms with E-state index in [0.717, 1.165) is 16.8 Å². The number of anilines is 1. The number of carbonyl (C=O) groups excluding carboxylic acids is 1. The molecular formula is C16H16N4OS. The maximum atomic E-state index is 12.3. The molecular weight excluding hydrogens is 296 g/mol. The minimum atomic E-state index is -0.263. The monoisotopic (exact) mass is 312 g/mol. The van der Waals surface area contributed by atoms with Crippen LogP contribution in [-0.2, 0) is 4.79 Å². The summed E-state index contributed by atoms with van der Waals surface area (Å²) in [6.07, 6.45) is 1.70. The van der Waals surface area contributed by atoms with Crippen molar-refractivity contribution in [2.75, 3.05) is 5.32 Å². The molecule has 2 aromatic heterocycles. The number of hydrogen-bond acceptors (Lipinski definition) is 4. The largest absolute Gasteiger partial charge is 0.332 e. The summed E-state index contributed by atoms with van der Waals surface area (Å²) in [4.78, 5) is 24.0. The Balaban J connectivity index is 1.68. The summed E-state index contributed by atoms with van der Waals surface area (Å²) in [5.74, 6) is -0.0518. The molecule has 0 radical (unpaired) electrons. The zero-order valence-electron chi connectivity index (χ0n) is 12.3. The van der Waals surface area contributed by atoms with Crippen LogP contribution < -0.4 is 5.32 Å². The van der Waals surface area contributed by atoms with Gasteiger partial charge in [0.2, 0.25) is 5.91 Å². The highest BCUT2D eigenvalue weighted by atomic mass is 32.2. The molecule has 0 unspecified atom stereocenters. The number of aromatic nitrogens is 3. The second kappa shape index (κ2) is 6.19. The third-order valence-corrected chi connectivity index (χ3v) is 4.16. The number of pyridine rings is 1. The lowest BCUT2D eigenvalue weighted by Gasteiger charge is -2.10. The van der Waals surface area contributed by atoms with Crippen molar-refractivity contribution in [2.24, 2.45) is 0 Å². The lowest BCUT2D eigenvalue weighted by atomic mass is 10.2. The Bertz CT molecular complexity index is 782. The van der Waals surface area contributed by atoms with Gasteiger partial charge in [-0.15, -0.1) is 0 Å². The molecule has 22 heavy (non-hydrogen) atoms. The Morgan fingerprint density at radius 3 is 2.95 bits per heavy atom. The van der Waals surface area contributed by atoms with Crippen molar-refractivity contribution < 1.29 is 4.79 Å². The van der Waals surface area contributed by atoms with Gasteiger partial charge in [-0.3, -0.25) is 4.79 Å². The number of fused-ring (bicyclic) bond motifs is 1. The number of nitrogens with zero attached hydrogens (tertiary/aromatic N) is 2. The minimum absolute atomic E-state index is 0.0518. The van der Waals surface area contributed by atoms with Gasteiger partial charge in [0.05, 0.1) is 10.8 Å². The molecule has 0 spiro atoms. The van der Waals surface area contributed by atoms with Crippen LogP contribution in [0.25, 0.3) is 11.2 Å². The normalized spacial score (nSPS) is 12.3. The van der Waals surface area contributed by atoms with Crippen LogP contribution in [0.15, 0.2) is 47.8 Å². The third-order valence-electron chi connectivity index (χ3n) is 3.18. The first kappa shape index (κ1) is 14.6. The van der Waals surface area contributed by atoms with Gasteiger partial charge < -0.3 is 10.3 Å². The van der Waals surface area contributed by atoms with Crippen molar-refractivity contribution in [3.05, 3.63) is 48.2 Å². The summed E-state index contributed by atoms with van der Waals surface area (Å²) in [6, 6.07) is 11.5. The smallest absolute Gasteiger partial charge is 0.237 e. The van der Waals surface area contributed by atoms with Crippen molar-refractivity contribution >= 4 is 34.5 Å². The van der Waals surface area contributed by atoms with Crippen LogP contribution in [0, 0.1) is 6.92 Å². The number of thioether (sulfide) groups is 1. The molecule has 112 valence electrons. The maximum absolute atomic E-state index is 12.3. The lowest BCUT2D eigenvalue weighted by molar-refractivity contribution is -0.115. The van der Waals surface area contributed by atoms with E-state index in [1.165, 1.54) is 11.8 Å². The van der Waals surface area contributed by atoms with Gasteiger partial charge in [0.1, 0.15) is 0 Å². The van der Waals surface area contributed by atoms with E-state index in [-0.39, 0.29) is 11.2 Å². The Kier molecular flexibility index (Phi) is 4.11. The van der Waals surface area contributed by atoms with E-state index in [4.69, 9.17) is 0 Å².